The molecule has 0 unspecified atom stereocenters. The lowest BCUT2D eigenvalue weighted by atomic mass is 9.96. The first kappa shape index (κ1) is 11.8. The first-order valence-electron chi connectivity index (χ1n) is 6.20. The van der Waals surface area contributed by atoms with Crippen LogP contribution in [0.5, 0.6) is 0 Å². The monoisotopic (exact) mass is 253 g/mol. The van der Waals surface area contributed by atoms with E-state index in [-0.39, 0.29) is 5.41 Å². The van der Waals surface area contributed by atoms with Gasteiger partial charge in [-0.3, -0.25) is 5.10 Å². The van der Waals surface area contributed by atoms with Gasteiger partial charge in [0.2, 0.25) is 5.82 Å². The van der Waals surface area contributed by atoms with Crippen LogP contribution >= 0.6 is 0 Å². The van der Waals surface area contributed by atoms with Crippen molar-refractivity contribution in [1.82, 2.24) is 25.4 Å². The Balaban J connectivity index is 2.07. The van der Waals surface area contributed by atoms with Crippen LogP contribution in [0.25, 0.3) is 22.4 Å². The molecule has 5 heteroatoms. The molecule has 0 atom stereocenters. The largest absolute Gasteiger partial charge is 0.262 e. The average Bonchev–Trinajstić information content (AvgIpc) is 2.87. The highest BCUT2D eigenvalue weighted by molar-refractivity contribution is 5.80. The molecule has 3 rings (SSSR count). The van der Waals surface area contributed by atoms with E-state index in [1.54, 1.807) is 0 Å². The molecule has 1 N–H and O–H groups in total. The summed E-state index contributed by atoms with van der Waals surface area (Å²) >= 11 is 0. The molecule has 0 aliphatic rings. The van der Waals surface area contributed by atoms with E-state index in [2.05, 4.69) is 46.1 Å². The zero-order chi connectivity index (χ0) is 13.5. The van der Waals surface area contributed by atoms with E-state index >= 15 is 0 Å². The van der Waals surface area contributed by atoms with Gasteiger partial charge in [-0.1, -0.05) is 39.0 Å². The smallest absolute Gasteiger partial charge is 0.201 e. The van der Waals surface area contributed by atoms with Crippen molar-refractivity contribution in [3.05, 3.63) is 36.2 Å². The maximum absolute atomic E-state index is 4.49. The second-order valence-corrected chi connectivity index (χ2v) is 5.55. The maximum Gasteiger partial charge on any atom is 0.201 e. The standard InChI is InChI=1S/C14H15N5/c1-14(2,3)13-15-12(18-19-13)11-8-9-6-4-5-7-10(9)16-17-11/h4-8H,1-3H3,(H,15,18,19). The van der Waals surface area contributed by atoms with Crippen molar-refractivity contribution >= 4 is 10.9 Å². The Morgan fingerprint density at radius 2 is 1.84 bits per heavy atom. The van der Waals surface area contributed by atoms with Gasteiger partial charge < -0.3 is 0 Å². The van der Waals surface area contributed by atoms with Gasteiger partial charge in [-0.15, -0.1) is 10.2 Å². The fraction of sp³-hybridized carbons (Fsp3) is 0.286. The number of benzene rings is 1. The summed E-state index contributed by atoms with van der Waals surface area (Å²) in [5.41, 5.74) is 1.50. The summed E-state index contributed by atoms with van der Waals surface area (Å²) in [5.74, 6) is 1.43. The third-order valence-corrected chi connectivity index (χ3v) is 2.92. The van der Waals surface area contributed by atoms with Gasteiger partial charge >= 0.3 is 0 Å². The first-order valence-corrected chi connectivity index (χ1v) is 6.20. The van der Waals surface area contributed by atoms with E-state index in [4.69, 9.17) is 0 Å². The first-order chi connectivity index (χ1) is 9.04. The van der Waals surface area contributed by atoms with Crippen molar-refractivity contribution < 1.29 is 0 Å². The lowest BCUT2D eigenvalue weighted by Gasteiger charge is -2.12. The summed E-state index contributed by atoms with van der Waals surface area (Å²) in [6.07, 6.45) is 0. The summed E-state index contributed by atoms with van der Waals surface area (Å²) in [6, 6.07) is 9.82. The van der Waals surface area contributed by atoms with Crippen LogP contribution < -0.4 is 0 Å². The Kier molecular flexibility index (Phi) is 2.55. The quantitative estimate of drug-likeness (QED) is 0.724. The van der Waals surface area contributed by atoms with E-state index in [9.17, 15) is 0 Å². The van der Waals surface area contributed by atoms with E-state index in [0.717, 1.165) is 16.7 Å². The molecule has 0 saturated heterocycles. The number of hydrogen-bond donors (Lipinski definition) is 1. The van der Waals surface area contributed by atoms with Gasteiger partial charge in [0.15, 0.2) is 0 Å². The number of aromatic nitrogens is 5. The molecule has 0 spiro atoms. The molecule has 0 saturated carbocycles. The van der Waals surface area contributed by atoms with Gasteiger partial charge in [0.05, 0.1) is 5.52 Å². The van der Waals surface area contributed by atoms with Crippen molar-refractivity contribution in [1.29, 1.82) is 0 Å². The molecule has 5 nitrogen and oxygen atoms in total. The van der Waals surface area contributed by atoms with Gasteiger partial charge in [0, 0.05) is 10.8 Å². The normalized spacial score (nSPS) is 11.9. The molecule has 0 bridgehead atoms. The van der Waals surface area contributed by atoms with Crippen LogP contribution in [0.3, 0.4) is 0 Å². The van der Waals surface area contributed by atoms with Crippen LogP contribution in [-0.2, 0) is 5.41 Å². The molecule has 2 aromatic heterocycles. The van der Waals surface area contributed by atoms with E-state index in [1.165, 1.54) is 0 Å². The molecule has 0 fully saturated rings. The second-order valence-electron chi connectivity index (χ2n) is 5.55. The number of rotatable bonds is 1. The molecule has 3 aromatic rings. The van der Waals surface area contributed by atoms with E-state index in [1.807, 2.05) is 30.3 Å². The van der Waals surface area contributed by atoms with Gasteiger partial charge in [-0.2, -0.15) is 5.10 Å². The summed E-state index contributed by atoms with van der Waals surface area (Å²) in [5, 5.41) is 16.6. The van der Waals surface area contributed by atoms with Gasteiger partial charge in [0.1, 0.15) is 11.5 Å². The molecule has 0 amide bonds. The zero-order valence-corrected chi connectivity index (χ0v) is 11.2. The molecular weight excluding hydrogens is 238 g/mol. The minimum Gasteiger partial charge on any atom is -0.262 e. The van der Waals surface area contributed by atoms with E-state index < -0.39 is 0 Å². The number of H-pyrrole nitrogens is 1. The summed E-state index contributed by atoms with van der Waals surface area (Å²) < 4.78 is 0. The van der Waals surface area contributed by atoms with Crippen molar-refractivity contribution in [2.75, 3.05) is 0 Å². The number of aromatic amines is 1. The fourth-order valence-electron chi connectivity index (χ4n) is 1.81. The third-order valence-electron chi connectivity index (χ3n) is 2.92. The Morgan fingerprint density at radius 1 is 1.05 bits per heavy atom. The highest BCUT2D eigenvalue weighted by Crippen LogP contribution is 2.21. The predicted octanol–water partition coefficient (Wildman–Crippen LogP) is 2.71. The lowest BCUT2D eigenvalue weighted by Crippen LogP contribution is -2.13. The summed E-state index contributed by atoms with van der Waals surface area (Å²) in [6.45, 7) is 6.26. The van der Waals surface area contributed by atoms with Gasteiger partial charge in [-0.05, 0) is 12.1 Å². The predicted molar refractivity (Wildman–Crippen MR) is 73.6 cm³/mol. The zero-order valence-electron chi connectivity index (χ0n) is 11.2. The number of hydrogen-bond acceptors (Lipinski definition) is 4. The molecule has 1 aromatic carbocycles. The Morgan fingerprint density at radius 3 is 2.58 bits per heavy atom. The average molecular weight is 253 g/mol. The van der Waals surface area contributed by atoms with Crippen molar-refractivity contribution in [2.45, 2.75) is 26.2 Å². The molecule has 96 valence electrons. The topological polar surface area (TPSA) is 67.3 Å². The van der Waals surface area contributed by atoms with Crippen molar-refractivity contribution in [2.24, 2.45) is 0 Å². The Hall–Kier alpha value is -2.30. The third kappa shape index (κ3) is 2.19. The molecular formula is C14H15N5. The highest BCUT2D eigenvalue weighted by atomic mass is 15.2. The van der Waals surface area contributed by atoms with Gasteiger partial charge in [0.25, 0.3) is 0 Å². The molecule has 0 aliphatic carbocycles. The fourth-order valence-corrected chi connectivity index (χ4v) is 1.81. The minimum absolute atomic E-state index is 0.0600. The number of nitrogens with zero attached hydrogens (tertiary/aromatic N) is 4. The second kappa shape index (κ2) is 4.12. The van der Waals surface area contributed by atoms with Crippen LogP contribution in [0.15, 0.2) is 30.3 Å². The summed E-state index contributed by atoms with van der Waals surface area (Å²) in [7, 11) is 0. The number of fused-ring (bicyclic) bond motifs is 1. The van der Waals surface area contributed by atoms with Crippen LogP contribution in [0.4, 0.5) is 0 Å². The Bertz CT molecular complexity index is 724. The van der Waals surface area contributed by atoms with Crippen molar-refractivity contribution in [3.63, 3.8) is 0 Å². The van der Waals surface area contributed by atoms with Crippen LogP contribution in [0.1, 0.15) is 26.6 Å². The minimum atomic E-state index is -0.0600. The van der Waals surface area contributed by atoms with Crippen molar-refractivity contribution in [3.8, 4) is 11.5 Å². The maximum atomic E-state index is 4.49. The molecule has 19 heavy (non-hydrogen) atoms. The molecule has 2 heterocycles. The highest BCUT2D eigenvalue weighted by Gasteiger charge is 2.19. The van der Waals surface area contributed by atoms with Crippen LogP contribution in [-0.4, -0.2) is 25.4 Å². The van der Waals surface area contributed by atoms with E-state index in [0.29, 0.717) is 11.5 Å². The van der Waals surface area contributed by atoms with Crippen LogP contribution in [0, 0.1) is 0 Å². The van der Waals surface area contributed by atoms with Crippen LogP contribution in [0.2, 0.25) is 0 Å². The number of nitrogens with one attached hydrogen (secondary N) is 1. The SMILES string of the molecule is CC(C)(C)c1nc(-c2cc3ccccc3nn2)n[nH]1. The van der Waals surface area contributed by atoms with Gasteiger partial charge in [-0.25, -0.2) is 4.98 Å². The molecule has 0 aliphatic heterocycles. The Labute approximate surface area is 111 Å². The summed E-state index contributed by atoms with van der Waals surface area (Å²) in [4.78, 5) is 4.49. The lowest BCUT2D eigenvalue weighted by molar-refractivity contribution is 0.548. The molecule has 0 radical (unpaired) electrons.